The van der Waals surface area contributed by atoms with Crippen molar-refractivity contribution in [2.24, 2.45) is 7.05 Å². The third kappa shape index (κ3) is 3.05. The van der Waals surface area contributed by atoms with Crippen molar-refractivity contribution >= 4 is 17.1 Å². The first kappa shape index (κ1) is 16.6. The van der Waals surface area contributed by atoms with Gasteiger partial charge in [-0.3, -0.25) is 4.90 Å². The van der Waals surface area contributed by atoms with Gasteiger partial charge >= 0.3 is 6.09 Å². The second-order valence-electron chi connectivity index (χ2n) is 7.88. The minimum atomic E-state index is -0.477. The maximum absolute atomic E-state index is 12.3. The van der Waals surface area contributed by atoms with Crippen molar-refractivity contribution in [2.75, 3.05) is 0 Å². The summed E-state index contributed by atoms with van der Waals surface area (Å²) >= 11 is 0. The summed E-state index contributed by atoms with van der Waals surface area (Å²) in [6.45, 7) is 6.86. The summed E-state index contributed by atoms with van der Waals surface area (Å²) < 4.78 is 7.52. The van der Waals surface area contributed by atoms with E-state index in [1.807, 2.05) is 44.8 Å². The lowest BCUT2D eigenvalue weighted by molar-refractivity contribution is 0.0242. The monoisotopic (exact) mass is 349 g/mol. The first-order chi connectivity index (χ1) is 12.3. The van der Waals surface area contributed by atoms with Gasteiger partial charge in [-0.05, 0) is 61.2 Å². The highest BCUT2D eigenvalue weighted by molar-refractivity contribution is 5.82. The number of benzene rings is 2. The Morgan fingerprint density at radius 3 is 2.50 bits per heavy atom. The van der Waals surface area contributed by atoms with E-state index in [1.165, 1.54) is 11.1 Å². The fourth-order valence-electron chi connectivity index (χ4n) is 3.34. The van der Waals surface area contributed by atoms with E-state index in [0.717, 1.165) is 22.2 Å². The van der Waals surface area contributed by atoms with Crippen LogP contribution in [-0.4, -0.2) is 26.1 Å². The van der Waals surface area contributed by atoms with Gasteiger partial charge in [-0.1, -0.05) is 18.2 Å². The highest BCUT2D eigenvalue weighted by Crippen LogP contribution is 2.30. The number of carbonyl (C=O) groups excluding carboxylic acids is 1. The van der Waals surface area contributed by atoms with Crippen LogP contribution in [0.3, 0.4) is 0 Å². The Morgan fingerprint density at radius 1 is 1.04 bits per heavy atom. The van der Waals surface area contributed by atoms with Crippen molar-refractivity contribution in [3.05, 3.63) is 53.9 Å². The van der Waals surface area contributed by atoms with Crippen LogP contribution in [0.5, 0.6) is 0 Å². The number of rotatable bonds is 1. The van der Waals surface area contributed by atoms with Gasteiger partial charge in [0.15, 0.2) is 0 Å². The molecule has 1 aromatic heterocycles. The van der Waals surface area contributed by atoms with Crippen molar-refractivity contribution in [2.45, 2.75) is 39.5 Å². The van der Waals surface area contributed by atoms with E-state index >= 15 is 0 Å². The number of carbonyl (C=O) groups is 1. The van der Waals surface area contributed by atoms with Gasteiger partial charge in [-0.25, -0.2) is 9.78 Å². The summed E-state index contributed by atoms with van der Waals surface area (Å²) in [7, 11) is 2.00. The van der Waals surface area contributed by atoms with Gasteiger partial charge in [0.05, 0.1) is 17.4 Å². The molecule has 3 aromatic rings. The average Bonchev–Trinajstić information content (AvgIpc) is 3.16. The molecule has 0 aliphatic carbocycles. The van der Waals surface area contributed by atoms with Gasteiger partial charge in [-0.15, -0.1) is 0 Å². The molecule has 0 unspecified atom stereocenters. The molecule has 0 bridgehead atoms. The molecule has 5 nitrogen and oxygen atoms in total. The van der Waals surface area contributed by atoms with Gasteiger partial charge in [0.1, 0.15) is 5.60 Å². The first-order valence-electron chi connectivity index (χ1n) is 8.81. The normalized spacial score (nSPS) is 13.9. The van der Waals surface area contributed by atoms with E-state index in [9.17, 15) is 4.79 Å². The summed E-state index contributed by atoms with van der Waals surface area (Å²) in [4.78, 5) is 18.5. The zero-order valence-electron chi connectivity index (χ0n) is 15.6. The van der Waals surface area contributed by atoms with Crippen molar-refractivity contribution < 1.29 is 9.53 Å². The zero-order chi connectivity index (χ0) is 18.5. The lowest BCUT2D eigenvalue weighted by Crippen LogP contribution is -2.33. The Morgan fingerprint density at radius 2 is 1.73 bits per heavy atom. The molecule has 0 fully saturated rings. The topological polar surface area (TPSA) is 47.4 Å². The minimum Gasteiger partial charge on any atom is -0.444 e. The van der Waals surface area contributed by atoms with Crippen LogP contribution >= 0.6 is 0 Å². The lowest BCUT2D eigenvalue weighted by atomic mass is 10.0. The Hall–Kier alpha value is -2.82. The zero-order valence-corrected chi connectivity index (χ0v) is 15.6. The van der Waals surface area contributed by atoms with E-state index in [-0.39, 0.29) is 6.09 Å². The van der Waals surface area contributed by atoms with Crippen molar-refractivity contribution in [1.29, 1.82) is 0 Å². The van der Waals surface area contributed by atoms with Crippen molar-refractivity contribution in [3.8, 4) is 11.1 Å². The number of imidazole rings is 1. The summed E-state index contributed by atoms with van der Waals surface area (Å²) in [6, 6.07) is 12.7. The summed E-state index contributed by atoms with van der Waals surface area (Å²) in [6.07, 6.45) is 1.57. The fraction of sp³-hybridized carbons (Fsp3) is 0.333. The molecule has 4 rings (SSSR count). The average molecular weight is 349 g/mol. The smallest absolute Gasteiger partial charge is 0.410 e. The molecule has 1 aliphatic rings. The minimum absolute atomic E-state index is 0.258. The molecule has 0 saturated carbocycles. The van der Waals surface area contributed by atoms with Gasteiger partial charge in [0, 0.05) is 20.1 Å². The lowest BCUT2D eigenvalue weighted by Gasteiger charge is -2.24. The first-order valence-corrected chi connectivity index (χ1v) is 8.81. The Kier molecular flexibility index (Phi) is 3.75. The second-order valence-corrected chi connectivity index (χ2v) is 7.88. The number of fused-ring (bicyclic) bond motifs is 2. The van der Waals surface area contributed by atoms with E-state index in [4.69, 9.17) is 4.74 Å². The van der Waals surface area contributed by atoms with Crippen LogP contribution in [0.2, 0.25) is 0 Å². The van der Waals surface area contributed by atoms with E-state index in [2.05, 4.69) is 35.3 Å². The molecule has 2 heterocycles. The highest BCUT2D eigenvalue weighted by Gasteiger charge is 2.27. The van der Waals surface area contributed by atoms with Crippen LogP contribution < -0.4 is 0 Å². The molecule has 2 aromatic carbocycles. The molecule has 0 atom stereocenters. The maximum Gasteiger partial charge on any atom is 0.410 e. The van der Waals surface area contributed by atoms with Crippen LogP contribution in [0.4, 0.5) is 4.79 Å². The summed E-state index contributed by atoms with van der Waals surface area (Å²) in [5.41, 5.74) is 6.29. The summed E-state index contributed by atoms with van der Waals surface area (Å²) in [5, 5.41) is 0. The van der Waals surface area contributed by atoms with Gasteiger partial charge < -0.3 is 9.30 Å². The molecule has 0 saturated heterocycles. The second kappa shape index (κ2) is 5.87. The quantitative estimate of drug-likeness (QED) is 0.650. The predicted octanol–water partition coefficient (Wildman–Crippen LogP) is 4.49. The fourth-order valence-corrected chi connectivity index (χ4v) is 3.34. The number of aryl methyl sites for hydroxylation is 1. The van der Waals surface area contributed by atoms with Crippen LogP contribution in [0.15, 0.2) is 42.7 Å². The number of hydrogen-bond acceptors (Lipinski definition) is 3. The molecule has 0 N–H and O–H groups in total. The molecule has 26 heavy (non-hydrogen) atoms. The van der Waals surface area contributed by atoms with Crippen LogP contribution in [0.1, 0.15) is 31.9 Å². The Labute approximate surface area is 153 Å². The number of hydrogen-bond donors (Lipinski definition) is 0. The number of amides is 1. The molecule has 0 spiro atoms. The predicted molar refractivity (Wildman–Crippen MR) is 102 cm³/mol. The third-order valence-electron chi connectivity index (χ3n) is 4.64. The highest BCUT2D eigenvalue weighted by atomic mass is 16.6. The molecular weight excluding hydrogens is 326 g/mol. The molecule has 1 aliphatic heterocycles. The van der Waals surface area contributed by atoms with Crippen LogP contribution in [0, 0.1) is 0 Å². The third-order valence-corrected chi connectivity index (χ3v) is 4.64. The van der Waals surface area contributed by atoms with E-state index < -0.39 is 5.60 Å². The number of nitrogens with zero attached hydrogens (tertiary/aromatic N) is 3. The SMILES string of the molecule is Cn1cnc2ccc(-c3ccc4c(c3)CN(C(=O)OC(C)(C)C)C4)cc21. The molecular formula is C21H23N3O2. The van der Waals surface area contributed by atoms with Gasteiger partial charge in [0.25, 0.3) is 0 Å². The standard InChI is InChI=1S/C21H23N3O2/c1-21(2,3)26-20(25)24-11-16-6-5-14(9-17(16)12-24)15-7-8-18-19(10-15)23(4)13-22-18/h5-10,13H,11-12H2,1-4H3. The van der Waals surface area contributed by atoms with Crippen LogP contribution in [0.25, 0.3) is 22.2 Å². The number of ether oxygens (including phenoxy) is 1. The molecule has 0 radical (unpaired) electrons. The number of aromatic nitrogens is 2. The van der Waals surface area contributed by atoms with Gasteiger partial charge in [-0.2, -0.15) is 0 Å². The molecule has 1 amide bonds. The van der Waals surface area contributed by atoms with Crippen LogP contribution in [-0.2, 0) is 24.9 Å². The molecule has 5 heteroatoms. The van der Waals surface area contributed by atoms with Crippen molar-refractivity contribution in [1.82, 2.24) is 14.5 Å². The van der Waals surface area contributed by atoms with E-state index in [1.54, 1.807) is 4.90 Å². The molecule has 134 valence electrons. The van der Waals surface area contributed by atoms with E-state index in [0.29, 0.717) is 13.1 Å². The van der Waals surface area contributed by atoms with Gasteiger partial charge in [0.2, 0.25) is 0 Å². The Balaban J connectivity index is 1.60. The summed E-state index contributed by atoms with van der Waals surface area (Å²) in [5.74, 6) is 0. The Bertz CT molecular complexity index is 998. The van der Waals surface area contributed by atoms with Crippen molar-refractivity contribution in [3.63, 3.8) is 0 Å². The largest absolute Gasteiger partial charge is 0.444 e. The maximum atomic E-state index is 12.3.